The molecule has 0 saturated carbocycles. The second-order valence-electron chi connectivity index (χ2n) is 6.52. The summed E-state index contributed by atoms with van der Waals surface area (Å²) >= 11 is 0. The van der Waals surface area contributed by atoms with Crippen molar-refractivity contribution in [2.75, 3.05) is 31.7 Å². The van der Waals surface area contributed by atoms with Crippen LogP contribution in [0.15, 0.2) is 24.3 Å². The van der Waals surface area contributed by atoms with Crippen molar-refractivity contribution >= 4 is 9.84 Å². The summed E-state index contributed by atoms with van der Waals surface area (Å²) in [6.45, 7) is 3.37. The molecular weight excluding hydrogens is 298 g/mol. The molecule has 4 nitrogen and oxygen atoms in total. The summed E-state index contributed by atoms with van der Waals surface area (Å²) in [6, 6.07) is 8.78. The molecule has 0 aromatic heterocycles. The first kappa shape index (κ1) is 17.4. The lowest BCUT2D eigenvalue weighted by atomic mass is 9.86. The Morgan fingerprint density at radius 2 is 2.09 bits per heavy atom. The predicted molar refractivity (Wildman–Crippen MR) is 89.7 cm³/mol. The number of benzene rings is 1. The molecule has 0 heterocycles. The van der Waals surface area contributed by atoms with Crippen LogP contribution in [0, 0.1) is 5.92 Å². The molecule has 0 radical (unpaired) electrons. The fourth-order valence-corrected chi connectivity index (χ4v) is 4.72. The fourth-order valence-electron chi connectivity index (χ4n) is 3.58. The smallest absolute Gasteiger partial charge is 0.147 e. The normalized spacial score (nSPS) is 19.9. The highest BCUT2D eigenvalue weighted by Gasteiger charge is 2.27. The molecule has 1 aliphatic rings. The van der Waals surface area contributed by atoms with Crippen LogP contribution in [0.25, 0.3) is 0 Å². The summed E-state index contributed by atoms with van der Waals surface area (Å²) in [5.74, 6) is 0.263. The van der Waals surface area contributed by atoms with Gasteiger partial charge in [0.05, 0.1) is 12.4 Å². The van der Waals surface area contributed by atoms with Crippen molar-refractivity contribution < 1.29 is 13.5 Å². The summed E-state index contributed by atoms with van der Waals surface area (Å²) in [5.41, 5.74) is 2.73. The van der Waals surface area contributed by atoms with Crippen molar-refractivity contribution in [2.45, 2.75) is 32.2 Å². The Bertz CT molecular complexity index is 585. The number of hydrogen-bond donors (Lipinski definition) is 1. The van der Waals surface area contributed by atoms with E-state index in [-0.39, 0.29) is 18.3 Å². The van der Waals surface area contributed by atoms with Crippen LogP contribution >= 0.6 is 0 Å². The lowest BCUT2D eigenvalue weighted by Gasteiger charge is -2.37. The Morgan fingerprint density at radius 1 is 1.36 bits per heavy atom. The van der Waals surface area contributed by atoms with Crippen LogP contribution in [0.3, 0.4) is 0 Å². The highest BCUT2D eigenvalue weighted by atomic mass is 32.2. The second-order valence-corrected chi connectivity index (χ2v) is 8.71. The van der Waals surface area contributed by atoms with Crippen molar-refractivity contribution in [2.24, 2.45) is 5.92 Å². The standard InChI is InChI=1S/C17H27NO3S/c1-14(13-22(2,20)21)12-18(10-11-19)17-9-5-7-15-6-3-4-8-16(15)17/h3-4,6,8,14,17,19H,5,7,9-13H2,1-2H3. The van der Waals surface area contributed by atoms with Crippen molar-refractivity contribution in [3.63, 3.8) is 0 Å². The third kappa shape index (κ3) is 4.80. The maximum Gasteiger partial charge on any atom is 0.147 e. The van der Waals surface area contributed by atoms with Crippen LogP contribution in [-0.4, -0.2) is 50.1 Å². The first-order valence-corrected chi connectivity index (χ1v) is 10.1. The zero-order valence-corrected chi connectivity index (χ0v) is 14.3. The van der Waals surface area contributed by atoms with Crippen molar-refractivity contribution in [3.05, 3.63) is 35.4 Å². The molecule has 0 saturated heterocycles. The van der Waals surface area contributed by atoms with E-state index in [2.05, 4.69) is 29.2 Å². The van der Waals surface area contributed by atoms with Gasteiger partial charge < -0.3 is 5.11 Å². The van der Waals surface area contributed by atoms with Gasteiger partial charge in [-0.1, -0.05) is 31.2 Å². The van der Waals surface area contributed by atoms with Crippen molar-refractivity contribution in [1.82, 2.24) is 4.90 Å². The lowest BCUT2D eigenvalue weighted by molar-refractivity contribution is 0.125. The summed E-state index contributed by atoms with van der Waals surface area (Å²) in [6.07, 6.45) is 4.61. The molecule has 2 unspecified atom stereocenters. The highest BCUT2D eigenvalue weighted by molar-refractivity contribution is 7.90. The molecule has 0 bridgehead atoms. The number of aliphatic hydroxyl groups is 1. The van der Waals surface area contributed by atoms with Gasteiger partial charge >= 0.3 is 0 Å². The molecular formula is C17H27NO3S. The monoisotopic (exact) mass is 325 g/mol. The summed E-state index contributed by atoms with van der Waals surface area (Å²) < 4.78 is 23.0. The molecule has 0 aliphatic heterocycles. The van der Waals surface area contributed by atoms with E-state index in [0.29, 0.717) is 19.1 Å². The van der Waals surface area contributed by atoms with Crippen LogP contribution in [0.5, 0.6) is 0 Å². The molecule has 2 atom stereocenters. The van der Waals surface area contributed by atoms with Crippen LogP contribution in [0.2, 0.25) is 0 Å². The number of fused-ring (bicyclic) bond motifs is 1. The maximum atomic E-state index is 11.5. The van der Waals surface area contributed by atoms with Gasteiger partial charge in [-0.2, -0.15) is 0 Å². The average Bonchev–Trinajstić information content (AvgIpc) is 2.44. The molecule has 1 N–H and O–H groups in total. The number of sulfone groups is 1. The topological polar surface area (TPSA) is 57.6 Å². The number of aliphatic hydroxyl groups excluding tert-OH is 1. The first-order valence-electron chi connectivity index (χ1n) is 8.01. The van der Waals surface area contributed by atoms with Gasteiger partial charge in [-0.3, -0.25) is 4.90 Å². The fraction of sp³-hybridized carbons (Fsp3) is 0.647. The van der Waals surface area contributed by atoms with Gasteiger partial charge in [-0.25, -0.2) is 8.42 Å². The lowest BCUT2D eigenvalue weighted by Crippen LogP contribution is -2.38. The Hall–Kier alpha value is -0.910. The van der Waals surface area contributed by atoms with Gasteiger partial charge in [0.1, 0.15) is 9.84 Å². The predicted octanol–water partition coefficient (Wildman–Crippen LogP) is 2.04. The zero-order valence-electron chi connectivity index (χ0n) is 13.5. The minimum Gasteiger partial charge on any atom is -0.395 e. The zero-order chi connectivity index (χ0) is 16.2. The van der Waals surface area contributed by atoms with E-state index in [4.69, 9.17) is 0 Å². The Morgan fingerprint density at radius 3 is 2.77 bits per heavy atom. The number of hydrogen-bond acceptors (Lipinski definition) is 4. The first-order chi connectivity index (χ1) is 10.4. The van der Waals surface area contributed by atoms with E-state index >= 15 is 0 Å². The Labute approximate surface area is 134 Å². The SMILES string of the molecule is CC(CN(CCO)C1CCCc2ccccc21)CS(C)(=O)=O. The number of nitrogens with zero attached hydrogens (tertiary/aromatic N) is 1. The highest BCUT2D eigenvalue weighted by Crippen LogP contribution is 2.34. The summed E-state index contributed by atoms with van der Waals surface area (Å²) in [4.78, 5) is 2.26. The Kier molecular flexibility index (Phi) is 6.01. The van der Waals surface area contributed by atoms with Gasteiger partial charge in [-0.15, -0.1) is 0 Å². The summed E-state index contributed by atoms with van der Waals surface area (Å²) in [5, 5.41) is 9.40. The van der Waals surface area contributed by atoms with Gasteiger partial charge in [0.15, 0.2) is 0 Å². The molecule has 0 amide bonds. The minimum atomic E-state index is -2.96. The number of rotatable bonds is 7. The molecule has 124 valence electrons. The maximum absolute atomic E-state index is 11.5. The molecule has 2 rings (SSSR count). The van der Waals surface area contributed by atoms with Crippen molar-refractivity contribution in [3.8, 4) is 0 Å². The van der Waals surface area contributed by atoms with Crippen LogP contribution in [-0.2, 0) is 16.3 Å². The molecule has 0 fully saturated rings. The van der Waals surface area contributed by atoms with E-state index < -0.39 is 9.84 Å². The Balaban J connectivity index is 2.15. The third-order valence-electron chi connectivity index (χ3n) is 4.30. The van der Waals surface area contributed by atoms with E-state index in [0.717, 1.165) is 19.3 Å². The molecule has 22 heavy (non-hydrogen) atoms. The minimum absolute atomic E-state index is 0.0654. The van der Waals surface area contributed by atoms with E-state index in [1.54, 1.807) is 0 Å². The molecule has 0 spiro atoms. The van der Waals surface area contributed by atoms with E-state index in [1.807, 2.05) is 6.92 Å². The van der Waals surface area contributed by atoms with Gasteiger partial charge in [0.25, 0.3) is 0 Å². The van der Waals surface area contributed by atoms with Crippen LogP contribution in [0.4, 0.5) is 0 Å². The summed E-state index contributed by atoms with van der Waals surface area (Å²) in [7, 11) is -2.96. The third-order valence-corrected chi connectivity index (χ3v) is 5.47. The van der Waals surface area contributed by atoms with Crippen LogP contribution < -0.4 is 0 Å². The van der Waals surface area contributed by atoms with Crippen molar-refractivity contribution in [1.29, 1.82) is 0 Å². The van der Waals surface area contributed by atoms with E-state index in [1.165, 1.54) is 17.4 Å². The number of aryl methyl sites for hydroxylation is 1. The second kappa shape index (κ2) is 7.57. The molecule has 5 heteroatoms. The molecule has 1 aromatic rings. The van der Waals surface area contributed by atoms with Crippen LogP contribution in [0.1, 0.15) is 36.9 Å². The van der Waals surface area contributed by atoms with E-state index in [9.17, 15) is 13.5 Å². The quantitative estimate of drug-likeness (QED) is 0.833. The largest absolute Gasteiger partial charge is 0.395 e. The van der Waals surface area contributed by atoms with Gasteiger partial charge in [0, 0.05) is 25.4 Å². The van der Waals surface area contributed by atoms with Gasteiger partial charge in [0.2, 0.25) is 0 Å². The molecule has 1 aliphatic carbocycles. The average molecular weight is 325 g/mol. The molecule has 1 aromatic carbocycles. The van der Waals surface area contributed by atoms with Gasteiger partial charge in [-0.05, 0) is 36.3 Å².